The molecule has 0 radical (unpaired) electrons. The first kappa shape index (κ1) is 11.8. The number of hydrogen-bond donors (Lipinski definition) is 1. The summed E-state index contributed by atoms with van der Waals surface area (Å²) in [5.74, 6) is 0. The molecule has 2 aromatic carbocycles. The molecule has 88 valence electrons. The number of benzene rings is 2. The van der Waals surface area contributed by atoms with Gasteiger partial charge in [-0.05, 0) is 16.6 Å². The molecular formula is C12H10FNO2S. The first-order valence-electron chi connectivity index (χ1n) is 4.92. The Hall–Kier alpha value is -1.72. The average Bonchev–Trinajstić information content (AvgIpc) is 2.40. The summed E-state index contributed by atoms with van der Waals surface area (Å²) in [6, 6.07) is 15.2. The molecule has 0 amide bonds. The third-order valence-electron chi connectivity index (χ3n) is 2.36. The molecular weight excluding hydrogens is 241 g/mol. The molecule has 0 aliphatic heterocycles. The molecule has 3 nitrogen and oxygen atoms in total. The quantitative estimate of drug-likeness (QED) is 0.852. The molecule has 0 fully saturated rings. The Bertz CT molecular complexity index is 611. The lowest BCUT2D eigenvalue weighted by Gasteiger charge is -2.08. The van der Waals surface area contributed by atoms with Crippen molar-refractivity contribution in [3.8, 4) is 11.1 Å². The molecule has 2 aromatic rings. The third kappa shape index (κ3) is 2.35. The van der Waals surface area contributed by atoms with Crippen LogP contribution >= 0.6 is 0 Å². The van der Waals surface area contributed by atoms with E-state index in [2.05, 4.69) is 0 Å². The Morgan fingerprint density at radius 3 is 2.12 bits per heavy atom. The zero-order valence-corrected chi connectivity index (χ0v) is 9.62. The predicted molar refractivity (Wildman–Crippen MR) is 63.3 cm³/mol. The second kappa shape index (κ2) is 4.65. The van der Waals surface area contributed by atoms with Crippen molar-refractivity contribution in [2.24, 2.45) is 0 Å². The number of nitrogens with one attached hydrogen (secondary N) is 1. The lowest BCUT2D eigenvalue weighted by atomic mass is 10.1. The van der Waals surface area contributed by atoms with Gasteiger partial charge in [0.15, 0.2) is 0 Å². The van der Waals surface area contributed by atoms with Crippen molar-refractivity contribution in [3.05, 3.63) is 54.6 Å². The van der Waals surface area contributed by atoms with Crippen molar-refractivity contribution in [1.29, 1.82) is 0 Å². The number of hydrogen-bond acceptors (Lipinski definition) is 2. The summed E-state index contributed by atoms with van der Waals surface area (Å²) in [6.45, 7) is 0. The van der Waals surface area contributed by atoms with Gasteiger partial charge < -0.3 is 0 Å². The van der Waals surface area contributed by atoms with E-state index in [4.69, 9.17) is 0 Å². The van der Waals surface area contributed by atoms with Gasteiger partial charge in [-0.25, -0.2) is 8.42 Å². The van der Waals surface area contributed by atoms with Crippen molar-refractivity contribution in [3.63, 3.8) is 0 Å². The van der Waals surface area contributed by atoms with Crippen LogP contribution in [-0.2, 0) is 10.0 Å². The normalized spacial score (nSPS) is 11.4. The summed E-state index contributed by atoms with van der Waals surface area (Å²) in [5, 5.41) is 0. The molecule has 17 heavy (non-hydrogen) atoms. The highest BCUT2D eigenvalue weighted by atomic mass is 32.2. The monoisotopic (exact) mass is 251 g/mol. The maximum atomic E-state index is 12.3. The maximum absolute atomic E-state index is 12.3. The van der Waals surface area contributed by atoms with Gasteiger partial charge in [0.25, 0.3) is 10.0 Å². The minimum absolute atomic E-state index is 0.0753. The van der Waals surface area contributed by atoms with Crippen molar-refractivity contribution >= 4 is 10.0 Å². The topological polar surface area (TPSA) is 46.2 Å². The molecule has 0 saturated heterocycles. The van der Waals surface area contributed by atoms with Crippen LogP contribution in [0.15, 0.2) is 59.5 Å². The lowest BCUT2D eigenvalue weighted by Crippen LogP contribution is -2.15. The Labute approximate surface area is 98.9 Å². The summed E-state index contributed by atoms with van der Waals surface area (Å²) < 4.78 is 35.3. The number of rotatable bonds is 3. The smallest absolute Gasteiger partial charge is 0.205 e. The summed E-state index contributed by atoms with van der Waals surface area (Å²) in [6.07, 6.45) is 0. The van der Waals surface area contributed by atoms with Crippen LogP contribution < -0.4 is 4.94 Å². The van der Waals surface area contributed by atoms with Gasteiger partial charge in [-0.1, -0.05) is 48.5 Å². The lowest BCUT2D eigenvalue weighted by molar-refractivity contribution is 0.425. The van der Waals surface area contributed by atoms with Gasteiger partial charge in [0.2, 0.25) is 0 Å². The van der Waals surface area contributed by atoms with E-state index in [0.717, 1.165) is 10.5 Å². The largest absolute Gasteiger partial charge is 0.267 e. The highest BCUT2D eigenvalue weighted by Crippen LogP contribution is 2.26. The zero-order chi connectivity index (χ0) is 12.3. The highest BCUT2D eigenvalue weighted by molar-refractivity contribution is 7.89. The van der Waals surface area contributed by atoms with E-state index in [1.165, 1.54) is 6.07 Å². The van der Waals surface area contributed by atoms with Crippen LogP contribution in [0.1, 0.15) is 0 Å². The molecule has 0 unspecified atom stereocenters. The Morgan fingerprint density at radius 1 is 0.882 bits per heavy atom. The van der Waals surface area contributed by atoms with Gasteiger partial charge in [0.1, 0.15) is 0 Å². The van der Waals surface area contributed by atoms with E-state index < -0.39 is 10.0 Å². The molecule has 0 saturated carbocycles. The zero-order valence-electron chi connectivity index (χ0n) is 8.80. The summed E-state index contributed by atoms with van der Waals surface area (Å²) in [4.78, 5) is 0.765. The molecule has 5 heteroatoms. The fourth-order valence-electron chi connectivity index (χ4n) is 1.60. The van der Waals surface area contributed by atoms with E-state index in [9.17, 15) is 12.9 Å². The first-order valence-corrected chi connectivity index (χ1v) is 6.40. The summed E-state index contributed by atoms with van der Waals surface area (Å²) >= 11 is 0. The van der Waals surface area contributed by atoms with Gasteiger partial charge in [-0.3, -0.25) is 0 Å². The van der Waals surface area contributed by atoms with Crippen molar-refractivity contribution in [1.82, 2.24) is 4.94 Å². The van der Waals surface area contributed by atoms with E-state index in [0.29, 0.717) is 5.56 Å². The molecule has 0 bridgehead atoms. The fraction of sp³-hybridized carbons (Fsp3) is 0. The van der Waals surface area contributed by atoms with Gasteiger partial charge >= 0.3 is 0 Å². The van der Waals surface area contributed by atoms with Crippen molar-refractivity contribution < 1.29 is 12.9 Å². The van der Waals surface area contributed by atoms with E-state index in [1.807, 2.05) is 6.07 Å². The van der Waals surface area contributed by atoms with E-state index in [1.54, 1.807) is 42.5 Å². The highest BCUT2D eigenvalue weighted by Gasteiger charge is 2.18. The van der Waals surface area contributed by atoms with Crippen LogP contribution in [0.25, 0.3) is 11.1 Å². The van der Waals surface area contributed by atoms with Crippen LogP contribution in [0.2, 0.25) is 0 Å². The first-order chi connectivity index (χ1) is 8.15. The summed E-state index contributed by atoms with van der Waals surface area (Å²) in [7, 11) is -4.09. The van der Waals surface area contributed by atoms with Crippen LogP contribution in [0.3, 0.4) is 0 Å². The van der Waals surface area contributed by atoms with Gasteiger partial charge in [-0.15, -0.1) is 4.48 Å². The Balaban J connectivity index is 2.65. The summed E-state index contributed by atoms with van der Waals surface area (Å²) in [5.41, 5.74) is 1.19. The van der Waals surface area contributed by atoms with Gasteiger partial charge in [0.05, 0.1) is 4.90 Å². The molecule has 2 rings (SSSR count). The number of halogens is 1. The second-order valence-electron chi connectivity index (χ2n) is 3.44. The molecule has 0 aliphatic rings. The Morgan fingerprint density at radius 2 is 1.47 bits per heavy atom. The number of sulfonamides is 1. The molecule has 0 heterocycles. The molecule has 0 aromatic heterocycles. The fourth-order valence-corrected chi connectivity index (χ4v) is 2.41. The molecule has 0 spiro atoms. The minimum atomic E-state index is -4.09. The third-order valence-corrected chi connectivity index (χ3v) is 3.50. The van der Waals surface area contributed by atoms with E-state index >= 15 is 0 Å². The van der Waals surface area contributed by atoms with Crippen LogP contribution in [0.4, 0.5) is 4.48 Å². The SMILES string of the molecule is O=S(=O)(NF)c1ccccc1-c1ccccc1. The van der Waals surface area contributed by atoms with Crippen LogP contribution in [0.5, 0.6) is 0 Å². The van der Waals surface area contributed by atoms with Gasteiger partial charge in [0, 0.05) is 5.56 Å². The second-order valence-corrected chi connectivity index (χ2v) is 5.04. The van der Waals surface area contributed by atoms with Crippen molar-refractivity contribution in [2.75, 3.05) is 0 Å². The Kier molecular flexibility index (Phi) is 3.21. The van der Waals surface area contributed by atoms with Gasteiger partial charge in [-0.2, -0.15) is 0 Å². The standard InChI is InChI=1S/C12H10FNO2S/c13-14-17(15,16)12-9-5-4-8-11(12)10-6-2-1-3-7-10/h1-9,14H. The van der Waals surface area contributed by atoms with E-state index in [-0.39, 0.29) is 4.90 Å². The minimum Gasteiger partial charge on any atom is -0.205 e. The van der Waals surface area contributed by atoms with Crippen molar-refractivity contribution in [2.45, 2.75) is 4.90 Å². The average molecular weight is 251 g/mol. The maximum Gasteiger partial charge on any atom is 0.267 e. The molecule has 0 atom stereocenters. The van der Waals surface area contributed by atoms with Crippen LogP contribution in [-0.4, -0.2) is 8.42 Å². The molecule has 1 N–H and O–H groups in total. The molecule has 0 aliphatic carbocycles. The predicted octanol–water partition coefficient (Wildman–Crippen LogP) is 2.52. The van der Waals surface area contributed by atoms with Crippen LogP contribution in [0, 0.1) is 0 Å².